The second-order valence-corrected chi connectivity index (χ2v) is 6.10. The first kappa shape index (κ1) is 10.3. The molecule has 1 aromatic rings. The van der Waals surface area contributed by atoms with Gasteiger partial charge in [0.2, 0.25) is 0 Å². The number of nitrogens with two attached hydrogens (primary N) is 1. The number of thiophene rings is 1. The molecule has 4 heteroatoms. The maximum atomic E-state index is 11.4. The molecule has 0 amide bonds. The predicted octanol–water partition coefficient (Wildman–Crippen LogP) is 1.68. The number of carboxylic acid groups (broad SMARTS) is 1. The highest BCUT2D eigenvalue weighted by Crippen LogP contribution is 2.48. The molecule has 1 aromatic heterocycles. The maximum Gasteiger partial charge on any atom is 0.315 e. The molecule has 0 aromatic carbocycles. The average Bonchev–Trinajstić information content (AvgIpc) is 2.70. The minimum Gasteiger partial charge on any atom is -0.481 e. The number of hydrogen-bond donors (Lipinski definition) is 2. The summed E-state index contributed by atoms with van der Waals surface area (Å²) < 4.78 is 0. The summed E-state index contributed by atoms with van der Waals surface area (Å²) in [5.74, 6) is -0.700. The molecule has 86 valence electrons. The Morgan fingerprint density at radius 3 is 2.81 bits per heavy atom. The summed E-state index contributed by atoms with van der Waals surface area (Å²) >= 11 is 1.70. The van der Waals surface area contributed by atoms with Crippen LogP contribution in [0.2, 0.25) is 0 Å². The quantitative estimate of drug-likeness (QED) is 0.822. The third kappa shape index (κ3) is 1.26. The topological polar surface area (TPSA) is 63.3 Å². The van der Waals surface area contributed by atoms with E-state index in [-0.39, 0.29) is 6.04 Å². The summed E-state index contributed by atoms with van der Waals surface area (Å²) in [5.41, 5.74) is 6.48. The first-order chi connectivity index (χ1) is 7.62. The third-order valence-electron chi connectivity index (χ3n) is 3.85. The molecule has 1 saturated carbocycles. The highest BCUT2D eigenvalue weighted by molar-refractivity contribution is 7.12. The Bertz CT molecular complexity index is 424. The summed E-state index contributed by atoms with van der Waals surface area (Å²) in [6, 6.07) is 2.18. The van der Waals surface area contributed by atoms with Crippen LogP contribution in [0.25, 0.3) is 0 Å². The second-order valence-electron chi connectivity index (χ2n) is 4.97. The third-order valence-corrected chi connectivity index (χ3v) is 5.29. The van der Waals surface area contributed by atoms with Crippen LogP contribution in [0.3, 0.4) is 0 Å². The highest BCUT2D eigenvalue weighted by Gasteiger charge is 2.51. The van der Waals surface area contributed by atoms with Crippen molar-refractivity contribution in [1.82, 2.24) is 0 Å². The lowest BCUT2D eigenvalue weighted by molar-refractivity contribution is -0.148. The van der Waals surface area contributed by atoms with Gasteiger partial charge in [0.1, 0.15) is 5.41 Å². The van der Waals surface area contributed by atoms with Gasteiger partial charge in [0.05, 0.1) is 0 Å². The van der Waals surface area contributed by atoms with E-state index in [2.05, 4.69) is 6.07 Å². The largest absolute Gasteiger partial charge is 0.481 e. The molecular weight excluding hydrogens is 222 g/mol. The van der Waals surface area contributed by atoms with Crippen molar-refractivity contribution in [2.24, 2.45) is 5.73 Å². The number of aliphatic carboxylic acids is 1. The zero-order chi connectivity index (χ0) is 11.3. The Kier molecular flexibility index (Phi) is 2.13. The average molecular weight is 237 g/mol. The minimum absolute atomic E-state index is 0.0630. The molecule has 3 nitrogen and oxygen atoms in total. The van der Waals surface area contributed by atoms with Crippen molar-refractivity contribution >= 4 is 17.3 Å². The number of carbonyl (C=O) groups is 1. The molecule has 3 N–H and O–H groups in total. The SMILES string of the molecule is NC1CC(C(=O)O)(c2cc3c(s2)CCC3)C1. The van der Waals surface area contributed by atoms with Crippen molar-refractivity contribution in [3.63, 3.8) is 0 Å². The maximum absolute atomic E-state index is 11.4. The number of fused-ring (bicyclic) bond motifs is 1. The summed E-state index contributed by atoms with van der Waals surface area (Å²) in [6.45, 7) is 0. The zero-order valence-electron chi connectivity index (χ0n) is 9.03. The van der Waals surface area contributed by atoms with Gasteiger partial charge in [-0.3, -0.25) is 4.79 Å². The molecule has 1 fully saturated rings. The molecule has 0 aliphatic heterocycles. The van der Waals surface area contributed by atoms with Gasteiger partial charge in [-0.05, 0) is 43.7 Å². The molecule has 0 bridgehead atoms. The van der Waals surface area contributed by atoms with Gasteiger partial charge in [0.15, 0.2) is 0 Å². The van der Waals surface area contributed by atoms with Crippen LogP contribution in [0.5, 0.6) is 0 Å². The van der Waals surface area contributed by atoms with E-state index < -0.39 is 11.4 Å². The van der Waals surface area contributed by atoms with Crippen molar-refractivity contribution in [1.29, 1.82) is 0 Å². The van der Waals surface area contributed by atoms with Crippen molar-refractivity contribution in [3.05, 3.63) is 21.4 Å². The Labute approximate surface area is 98.3 Å². The highest BCUT2D eigenvalue weighted by atomic mass is 32.1. The van der Waals surface area contributed by atoms with Gasteiger partial charge in [-0.25, -0.2) is 0 Å². The molecule has 0 spiro atoms. The molecule has 1 heterocycles. The van der Waals surface area contributed by atoms with E-state index in [1.807, 2.05) is 0 Å². The summed E-state index contributed by atoms with van der Waals surface area (Å²) in [5, 5.41) is 9.40. The van der Waals surface area contributed by atoms with E-state index in [4.69, 9.17) is 5.73 Å². The van der Waals surface area contributed by atoms with Gasteiger partial charge in [-0.1, -0.05) is 0 Å². The van der Waals surface area contributed by atoms with Gasteiger partial charge in [-0.15, -0.1) is 11.3 Å². The van der Waals surface area contributed by atoms with E-state index in [1.54, 1.807) is 11.3 Å². The van der Waals surface area contributed by atoms with Gasteiger partial charge in [-0.2, -0.15) is 0 Å². The molecule has 0 radical (unpaired) electrons. The van der Waals surface area contributed by atoms with Crippen LogP contribution in [-0.4, -0.2) is 17.1 Å². The predicted molar refractivity (Wildman–Crippen MR) is 62.9 cm³/mol. The number of rotatable bonds is 2. The zero-order valence-corrected chi connectivity index (χ0v) is 9.85. The van der Waals surface area contributed by atoms with Crippen LogP contribution in [0.4, 0.5) is 0 Å². The normalized spacial score (nSPS) is 32.2. The van der Waals surface area contributed by atoms with Gasteiger partial charge < -0.3 is 10.8 Å². The summed E-state index contributed by atoms with van der Waals surface area (Å²) in [4.78, 5) is 13.9. The monoisotopic (exact) mass is 237 g/mol. The molecular formula is C12H15NO2S. The van der Waals surface area contributed by atoms with E-state index in [0.29, 0.717) is 12.8 Å². The fraction of sp³-hybridized carbons (Fsp3) is 0.583. The molecule has 0 atom stereocenters. The van der Waals surface area contributed by atoms with Crippen molar-refractivity contribution in [2.45, 2.75) is 43.6 Å². The Morgan fingerprint density at radius 1 is 1.50 bits per heavy atom. The van der Waals surface area contributed by atoms with Crippen LogP contribution in [0.15, 0.2) is 6.07 Å². The lowest BCUT2D eigenvalue weighted by Crippen LogP contribution is -2.53. The molecule has 16 heavy (non-hydrogen) atoms. The summed E-state index contributed by atoms with van der Waals surface area (Å²) in [7, 11) is 0. The van der Waals surface area contributed by atoms with Gasteiger partial charge in [0, 0.05) is 15.8 Å². The number of hydrogen-bond acceptors (Lipinski definition) is 3. The Balaban J connectivity index is 1.98. The standard InChI is InChI=1S/C12H15NO2S/c13-8-5-12(6-8,11(14)15)10-4-7-2-1-3-9(7)16-10/h4,8H,1-3,5-6,13H2,(H,14,15). The summed E-state index contributed by atoms with van der Waals surface area (Å²) in [6.07, 6.45) is 4.67. The Hall–Kier alpha value is -0.870. The van der Waals surface area contributed by atoms with Crippen LogP contribution in [0.1, 0.15) is 34.6 Å². The van der Waals surface area contributed by atoms with Crippen LogP contribution in [0, 0.1) is 0 Å². The van der Waals surface area contributed by atoms with Crippen LogP contribution < -0.4 is 5.73 Å². The molecule has 2 aliphatic rings. The van der Waals surface area contributed by atoms with E-state index in [0.717, 1.165) is 17.7 Å². The Morgan fingerprint density at radius 2 is 2.25 bits per heavy atom. The first-order valence-corrected chi connectivity index (χ1v) is 6.54. The van der Waals surface area contributed by atoms with Gasteiger partial charge in [0.25, 0.3) is 0 Å². The van der Waals surface area contributed by atoms with Crippen molar-refractivity contribution in [3.8, 4) is 0 Å². The fourth-order valence-electron chi connectivity index (χ4n) is 2.88. The second kappa shape index (κ2) is 3.31. The molecule has 0 unspecified atom stereocenters. The van der Waals surface area contributed by atoms with Crippen molar-refractivity contribution < 1.29 is 9.90 Å². The number of carboxylic acids is 1. The van der Waals surface area contributed by atoms with E-state index in [9.17, 15) is 9.90 Å². The molecule has 2 aliphatic carbocycles. The van der Waals surface area contributed by atoms with Crippen molar-refractivity contribution in [2.75, 3.05) is 0 Å². The van der Waals surface area contributed by atoms with Crippen LogP contribution in [-0.2, 0) is 23.1 Å². The molecule has 0 saturated heterocycles. The number of aryl methyl sites for hydroxylation is 2. The van der Waals surface area contributed by atoms with Gasteiger partial charge >= 0.3 is 5.97 Å². The fourth-order valence-corrected chi connectivity index (χ4v) is 4.34. The van der Waals surface area contributed by atoms with Crippen LogP contribution >= 0.6 is 11.3 Å². The van der Waals surface area contributed by atoms with E-state index >= 15 is 0 Å². The molecule has 3 rings (SSSR count). The smallest absolute Gasteiger partial charge is 0.315 e. The lowest BCUT2D eigenvalue weighted by atomic mass is 9.65. The first-order valence-electron chi connectivity index (χ1n) is 5.73. The van der Waals surface area contributed by atoms with E-state index in [1.165, 1.54) is 16.9 Å². The minimum atomic E-state index is -0.700. The lowest BCUT2D eigenvalue weighted by Gasteiger charge is -2.41.